The fourth-order valence-electron chi connectivity index (χ4n) is 3.77. The van der Waals surface area contributed by atoms with Gasteiger partial charge in [-0.3, -0.25) is 0 Å². The molecule has 2 heterocycles. The second-order valence-corrected chi connectivity index (χ2v) is 6.80. The van der Waals surface area contributed by atoms with Crippen molar-refractivity contribution >= 4 is 0 Å². The fraction of sp³-hybridized carbons (Fsp3) is 0.647. The summed E-state index contributed by atoms with van der Waals surface area (Å²) in [5, 5.41) is 3.71. The molecule has 104 valence electrons. The first-order valence-corrected chi connectivity index (χ1v) is 7.57. The number of para-hydroxylation sites is 1. The van der Waals surface area contributed by atoms with Crippen LogP contribution in [0.3, 0.4) is 0 Å². The van der Waals surface area contributed by atoms with Gasteiger partial charge in [-0.25, -0.2) is 0 Å². The number of hydrogen-bond acceptors (Lipinski definition) is 2. The van der Waals surface area contributed by atoms with E-state index >= 15 is 0 Å². The molecule has 0 radical (unpaired) electrons. The lowest BCUT2D eigenvalue weighted by atomic mass is 9.87. The van der Waals surface area contributed by atoms with Crippen molar-refractivity contribution in [2.45, 2.75) is 70.6 Å². The molecule has 2 nitrogen and oxygen atoms in total. The van der Waals surface area contributed by atoms with Gasteiger partial charge in [0, 0.05) is 24.4 Å². The molecular formula is C17H25NO. The zero-order valence-electron chi connectivity index (χ0n) is 12.5. The van der Waals surface area contributed by atoms with Gasteiger partial charge in [-0.05, 0) is 44.7 Å². The van der Waals surface area contributed by atoms with Crippen molar-refractivity contribution in [2.24, 2.45) is 0 Å². The van der Waals surface area contributed by atoms with Crippen LogP contribution in [0.4, 0.5) is 0 Å². The van der Waals surface area contributed by atoms with Crippen LogP contribution in [0, 0.1) is 0 Å². The third kappa shape index (κ3) is 2.27. The molecule has 2 aliphatic rings. The van der Waals surface area contributed by atoms with E-state index in [4.69, 9.17) is 4.74 Å². The summed E-state index contributed by atoms with van der Waals surface area (Å²) in [6.07, 6.45) is 3.43. The summed E-state index contributed by atoms with van der Waals surface area (Å²) in [6, 6.07) is 7.90. The Bertz CT molecular complexity index is 480. The van der Waals surface area contributed by atoms with E-state index in [1.54, 1.807) is 0 Å². The lowest BCUT2D eigenvalue weighted by molar-refractivity contribution is 0.136. The largest absolute Gasteiger partial charge is 0.487 e. The molecule has 2 aliphatic heterocycles. The van der Waals surface area contributed by atoms with E-state index in [9.17, 15) is 0 Å². The van der Waals surface area contributed by atoms with Gasteiger partial charge in [0.15, 0.2) is 0 Å². The first-order chi connectivity index (χ1) is 9.00. The summed E-state index contributed by atoms with van der Waals surface area (Å²) in [5.41, 5.74) is 2.77. The van der Waals surface area contributed by atoms with Crippen molar-refractivity contribution in [3.05, 3.63) is 29.3 Å². The smallest absolute Gasteiger partial charge is 0.126 e. The summed E-state index contributed by atoms with van der Waals surface area (Å²) in [6.45, 7) is 8.93. The summed E-state index contributed by atoms with van der Waals surface area (Å²) >= 11 is 0. The Kier molecular flexibility index (Phi) is 3.09. The van der Waals surface area contributed by atoms with E-state index in [-0.39, 0.29) is 5.60 Å². The molecule has 3 rings (SSSR count). The Morgan fingerprint density at radius 3 is 2.89 bits per heavy atom. The van der Waals surface area contributed by atoms with Gasteiger partial charge in [-0.1, -0.05) is 25.1 Å². The van der Waals surface area contributed by atoms with Crippen molar-refractivity contribution in [3.63, 3.8) is 0 Å². The lowest BCUT2D eigenvalue weighted by Crippen LogP contribution is -2.29. The van der Waals surface area contributed by atoms with Crippen LogP contribution in [0.1, 0.15) is 57.6 Å². The van der Waals surface area contributed by atoms with E-state index in [0.717, 1.165) is 6.42 Å². The number of benzene rings is 1. The standard InChI is InChI=1S/C17H25NO/c1-5-15-14(9-11(2)18-15)13-8-6-7-12-10-17(3,4)19-16(12)13/h6-8,11,14-15,18H,5,9-10H2,1-4H3. The highest BCUT2D eigenvalue weighted by Gasteiger charge is 2.37. The molecule has 1 aromatic carbocycles. The Morgan fingerprint density at radius 1 is 1.37 bits per heavy atom. The van der Waals surface area contributed by atoms with Crippen molar-refractivity contribution < 1.29 is 4.74 Å². The number of nitrogens with one attached hydrogen (secondary N) is 1. The molecule has 3 unspecified atom stereocenters. The monoisotopic (exact) mass is 259 g/mol. The normalized spacial score (nSPS) is 32.1. The first kappa shape index (κ1) is 13.0. The van der Waals surface area contributed by atoms with Gasteiger partial charge >= 0.3 is 0 Å². The first-order valence-electron chi connectivity index (χ1n) is 7.57. The number of ether oxygens (including phenoxy) is 1. The molecule has 1 aromatic rings. The quantitative estimate of drug-likeness (QED) is 0.875. The van der Waals surface area contributed by atoms with Crippen LogP contribution in [-0.4, -0.2) is 17.7 Å². The molecule has 19 heavy (non-hydrogen) atoms. The van der Waals surface area contributed by atoms with E-state index in [1.165, 1.54) is 29.7 Å². The topological polar surface area (TPSA) is 21.3 Å². The minimum Gasteiger partial charge on any atom is -0.487 e. The Hall–Kier alpha value is -1.02. The van der Waals surface area contributed by atoms with Crippen LogP contribution in [-0.2, 0) is 6.42 Å². The van der Waals surface area contributed by atoms with Crippen molar-refractivity contribution in [3.8, 4) is 5.75 Å². The minimum absolute atomic E-state index is 0.0439. The van der Waals surface area contributed by atoms with Crippen LogP contribution >= 0.6 is 0 Å². The fourth-order valence-corrected chi connectivity index (χ4v) is 3.77. The zero-order chi connectivity index (χ0) is 13.6. The number of fused-ring (bicyclic) bond motifs is 1. The molecule has 0 aliphatic carbocycles. The van der Waals surface area contributed by atoms with Gasteiger partial charge in [0.1, 0.15) is 11.4 Å². The second-order valence-electron chi connectivity index (χ2n) is 6.80. The highest BCUT2D eigenvalue weighted by Crippen LogP contribution is 2.44. The minimum atomic E-state index is -0.0439. The molecule has 2 heteroatoms. The molecule has 0 saturated carbocycles. The molecule has 0 bridgehead atoms. The van der Waals surface area contributed by atoms with Gasteiger partial charge in [0.25, 0.3) is 0 Å². The van der Waals surface area contributed by atoms with Gasteiger partial charge in [-0.15, -0.1) is 0 Å². The van der Waals surface area contributed by atoms with Crippen molar-refractivity contribution in [1.29, 1.82) is 0 Å². The zero-order valence-corrected chi connectivity index (χ0v) is 12.5. The van der Waals surface area contributed by atoms with Crippen LogP contribution in [0.25, 0.3) is 0 Å². The third-order valence-electron chi connectivity index (χ3n) is 4.55. The summed E-state index contributed by atoms with van der Waals surface area (Å²) in [5.74, 6) is 1.77. The summed E-state index contributed by atoms with van der Waals surface area (Å²) < 4.78 is 6.24. The van der Waals surface area contributed by atoms with Gasteiger partial charge in [0.2, 0.25) is 0 Å². The van der Waals surface area contributed by atoms with E-state index < -0.39 is 0 Å². The molecule has 0 spiro atoms. The van der Waals surface area contributed by atoms with Gasteiger partial charge in [0.05, 0.1) is 0 Å². The van der Waals surface area contributed by atoms with Crippen molar-refractivity contribution in [2.75, 3.05) is 0 Å². The van der Waals surface area contributed by atoms with Crippen LogP contribution < -0.4 is 10.1 Å². The average molecular weight is 259 g/mol. The number of hydrogen-bond donors (Lipinski definition) is 1. The predicted octanol–water partition coefficient (Wildman–Crippen LogP) is 3.64. The second kappa shape index (κ2) is 4.52. The maximum Gasteiger partial charge on any atom is 0.126 e. The van der Waals surface area contributed by atoms with Crippen molar-refractivity contribution in [1.82, 2.24) is 5.32 Å². The lowest BCUT2D eigenvalue weighted by Gasteiger charge is -2.23. The molecule has 1 saturated heterocycles. The molecule has 1 N–H and O–H groups in total. The highest BCUT2D eigenvalue weighted by atomic mass is 16.5. The number of rotatable bonds is 2. The maximum atomic E-state index is 6.24. The molecule has 3 atom stereocenters. The van der Waals surface area contributed by atoms with E-state index in [0.29, 0.717) is 18.0 Å². The highest BCUT2D eigenvalue weighted by molar-refractivity contribution is 5.48. The van der Waals surface area contributed by atoms with Gasteiger partial charge in [-0.2, -0.15) is 0 Å². The third-order valence-corrected chi connectivity index (χ3v) is 4.55. The Morgan fingerprint density at radius 2 is 2.16 bits per heavy atom. The molecule has 0 amide bonds. The van der Waals surface area contributed by atoms with Crippen LogP contribution in [0.5, 0.6) is 5.75 Å². The van der Waals surface area contributed by atoms with E-state index in [1.807, 2.05) is 0 Å². The summed E-state index contributed by atoms with van der Waals surface area (Å²) in [4.78, 5) is 0. The summed E-state index contributed by atoms with van der Waals surface area (Å²) in [7, 11) is 0. The van der Waals surface area contributed by atoms with E-state index in [2.05, 4.69) is 51.2 Å². The maximum absolute atomic E-state index is 6.24. The molecule has 0 aromatic heterocycles. The van der Waals surface area contributed by atoms with Gasteiger partial charge < -0.3 is 10.1 Å². The SMILES string of the molecule is CCC1NC(C)CC1c1cccc2c1OC(C)(C)C2. The van der Waals surface area contributed by atoms with Crippen LogP contribution in [0.2, 0.25) is 0 Å². The van der Waals surface area contributed by atoms with Crippen LogP contribution in [0.15, 0.2) is 18.2 Å². The molecule has 1 fully saturated rings. The average Bonchev–Trinajstić information content (AvgIpc) is 2.86. The predicted molar refractivity (Wildman–Crippen MR) is 78.9 cm³/mol. The Balaban J connectivity index is 1.97. The molecular weight excluding hydrogens is 234 g/mol. The Labute approximate surface area is 116 Å².